The molecule has 0 spiro atoms. The Morgan fingerprint density at radius 2 is 2.12 bits per heavy atom. The minimum atomic E-state index is -0.710. The van der Waals surface area contributed by atoms with Crippen LogP contribution in [0.3, 0.4) is 0 Å². The summed E-state index contributed by atoms with van der Waals surface area (Å²) in [6.07, 6.45) is 1.65. The lowest BCUT2D eigenvalue weighted by Crippen LogP contribution is -2.52. The van der Waals surface area contributed by atoms with Gasteiger partial charge in [0.25, 0.3) is 0 Å². The molecule has 2 heterocycles. The van der Waals surface area contributed by atoms with Crippen molar-refractivity contribution in [2.24, 2.45) is 11.3 Å². The van der Waals surface area contributed by atoms with Gasteiger partial charge in [-0.2, -0.15) is 0 Å². The summed E-state index contributed by atoms with van der Waals surface area (Å²) in [6, 6.07) is 0. The highest BCUT2D eigenvalue weighted by atomic mass is 16.5. The number of carbonyl (C=O) groups excluding carboxylic acids is 2. The molecule has 4 nitrogen and oxygen atoms in total. The average Bonchev–Trinajstić information content (AvgIpc) is 2.57. The summed E-state index contributed by atoms with van der Waals surface area (Å²) in [6.45, 7) is 6.25. The van der Waals surface area contributed by atoms with Crippen molar-refractivity contribution in [2.45, 2.75) is 51.7 Å². The van der Waals surface area contributed by atoms with E-state index in [0.717, 1.165) is 12.8 Å². The Hall–Kier alpha value is -0.900. The fraction of sp³-hybridized carbons (Fsp3) is 0.846. The summed E-state index contributed by atoms with van der Waals surface area (Å²) in [4.78, 5) is 23.7. The summed E-state index contributed by atoms with van der Waals surface area (Å²) in [7, 11) is 1.32. The molecule has 2 bridgehead atoms. The second-order valence-electron chi connectivity index (χ2n) is 6.08. The molecular formula is C13H20O4. The molecule has 17 heavy (non-hydrogen) atoms. The van der Waals surface area contributed by atoms with Gasteiger partial charge < -0.3 is 9.47 Å². The van der Waals surface area contributed by atoms with E-state index in [1.807, 2.05) is 0 Å². The first-order valence-corrected chi connectivity index (χ1v) is 6.09. The van der Waals surface area contributed by atoms with E-state index < -0.39 is 11.9 Å². The maximum atomic E-state index is 12.1. The molecule has 3 atom stereocenters. The summed E-state index contributed by atoms with van der Waals surface area (Å²) in [5, 5.41) is 0. The minimum absolute atomic E-state index is 0.0273. The van der Waals surface area contributed by atoms with Crippen LogP contribution in [0, 0.1) is 11.3 Å². The number of hydrogen-bond donors (Lipinski definition) is 0. The van der Waals surface area contributed by atoms with Crippen LogP contribution in [0.5, 0.6) is 0 Å². The number of methoxy groups -OCH3 is 1. The molecule has 4 heteroatoms. The van der Waals surface area contributed by atoms with Gasteiger partial charge in [-0.3, -0.25) is 9.59 Å². The lowest BCUT2D eigenvalue weighted by molar-refractivity contribution is -0.182. The number of esters is 1. The first-order chi connectivity index (χ1) is 7.81. The van der Waals surface area contributed by atoms with Gasteiger partial charge in [0.1, 0.15) is 5.92 Å². The maximum Gasteiger partial charge on any atom is 0.318 e. The molecule has 0 aromatic heterocycles. The third kappa shape index (κ3) is 1.79. The van der Waals surface area contributed by atoms with Crippen molar-refractivity contribution in [1.82, 2.24) is 0 Å². The molecule has 0 aliphatic carbocycles. The maximum absolute atomic E-state index is 12.1. The van der Waals surface area contributed by atoms with Gasteiger partial charge in [0, 0.05) is 6.42 Å². The van der Waals surface area contributed by atoms with Gasteiger partial charge in [0.2, 0.25) is 0 Å². The molecule has 0 amide bonds. The molecule has 0 aromatic rings. The molecule has 2 aliphatic rings. The van der Waals surface area contributed by atoms with Crippen LogP contribution in [-0.2, 0) is 19.1 Å². The van der Waals surface area contributed by atoms with Crippen LogP contribution in [0.25, 0.3) is 0 Å². The third-order valence-corrected chi connectivity index (χ3v) is 4.21. The first-order valence-electron chi connectivity index (χ1n) is 6.09. The smallest absolute Gasteiger partial charge is 0.318 e. The van der Waals surface area contributed by atoms with Gasteiger partial charge in [-0.15, -0.1) is 0 Å². The number of rotatable bonds is 1. The fourth-order valence-corrected chi connectivity index (χ4v) is 2.97. The van der Waals surface area contributed by atoms with Crippen molar-refractivity contribution in [1.29, 1.82) is 0 Å². The molecule has 2 aliphatic heterocycles. The zero-order chi connectivity index (χ0) is 12.8. The number of Topliss-reactive ketones (excluding diaryl/α,β-unsaturated/α-hetero) is 1. The fourth-order valence-electron chi connectivity index (χ4n) is 2.97. The molecule has 0 N–H and O–H groups in total. The van der Waals surface area contributed by atoms with Gasteiger partial charge in [0.15, 0.2) is 5.78 Å². The topological polar surface area (TPSA) is 52.6 Å². The number of carbonyl (C=O) groups is 2. The second kappa shape index (κ2) is 3.80. The quantitative estimate of drug-likeness (QED) is 0.517. The highest BCUT2D eigenvalue weighted by molar-refractivity contribution is 6.01. The van der Waals surface area contributed by atoms with Crippen molar-refractivity contribution in [3.8, 4) is 0 Å². The van der Waals surface area contributed by atoms with E-state index in [1.165, 1.54) is 7.11 Å². The van der Waals surface area contributed by atoms with E-state index in [9.17, 15) is 9.59 Å². The Kier molecular flexibility index (Phi) is 2.81. The van der Waals surface area contributed by atoms with E-state index in [0.29, 0.717) is 6.42 Å². The predicted molar refractivity (Wildman–Crippen MR) is 61.4 cm³/mol. The van der Waals surface area contributed by atoms with Crippen LogP contribution in [0.4, 0.5) is 0 Å². The Labute approximate surface area is 102 Å². The Bertz CT molecular complexity index is 355. The van der Waals surface area contributed by atoms with Gasteiger partial charge in [-0.25, -0.2) is 0 Å². The van der Waals surface area contributed by atoms with Crippen molar-refractivity contribution < 1.29 is 19.1 Å². The van der Waals surface area contributed by atoms with E-state index in [4.69, 9.17) is 4.74 Å². The van der Waals surface area contributed by atoms with Crippen LogP contribution in [0.2, 0.25) is 0 Å². The average molecular weight is 240 g/mol. The standard InChI is InChI=1S/C13H20O4/c1-12(2,3)13-6-5-9(17-13)10(8(14)7-13)11(15)16-4/h9-10H,5-7H2,1-4H3/t9-,10-,13+/m1/s1. The van der Waals surface area contributed by atoms with Crippen molar-refractivity contribution >= 4 is 11.8 Å². The minimum Gasteiger partial charge on any atom is -0.468 e. The lowest BCUT2D eigenvalue weighted by Gasteiger charge is -2.44. The highest BCUT2D eigenvalue weighted by Crippen LogP contribution is 2.51. The first kappa shape index (κ1) is 12.6. The monoisotopic (exact) mass is 240 g/mol. The zero-order valence-corrected chi connectivity index (χ0v) is 10.9. The van der Waals surface area contributed by atoms with Crippen LogP contribution in [0.1, 0.15) is 40.0 Å². The van der Waals surface area contributed by atoms with E-state index in [2.05, 4.69) is 25.5 Å². The molecule has 2 saturated heterocycles. The summed E-state index contributed by atoms with van der Waals surface area (Å²) in [5.41, 5.74) is -0.474. The molecule has 0 radical (unpaired) electrons. The van der Waals surface area contributed by atoms with Crippen LogP contribution in [0.15, 0.2) is 0 Å². The molecule has 0 unspecified atom stereocenters. The number of ketones is 1. The Morgan fingerprint density at radius 3 is 2.65 bits per heavy atom. The summed E-state index contributed by atoms with van der Waals surface area (Å²) >= 11 is 0. The van der Waals surface area contributed by atoms with Crippen LogP contribution < -0.4 is 0 Å². The highest BCUT2D eigenvalue weighted by Gasteiger charge is 2.58. The van der Waals surface area contributed by atoms with Crippen molar-refractivity contribution in [2.75, 3.05) is 7.11 Å². The van der Waals surface area contributed by atoms with Crippen LogP contribution in [-0.4, -0.2) is 30.6 Å². The van der Waals surface area contributed by atoms with Gasteiger partial charge in [-0.1, -0.05) is 20.8 Å². The predicted octanol–water partition coefficient (Wildman–Crippen LogP) is 1.71. The van der Waals surface area contributed by atoms with Gasteiger partial charge >= 0.3 is 5.97 Å². The van der Waals surface area contributed by atoms with Gasteiger partial charge in [-0.05, 0) is 18.3 Å². The number of ether oxygens (including phenoxy) is 2. The SMILES string of the molecule is COC(=O)[C@@H]1C(=O)C[C@]2(C(C)(C)C)CC[C@H]1O2. The largest absolute Gasteiger partial charge is 0.468 e. The second-order valence-corrected chi connectivity index (χ2v) is 6.08. The molecule has 2 rings (SSSR count). The third-order valence-electron chi connectivity index (χ3n) is 4.21. The number of hydrogen-bond acceptors (Lipinski definition) is 4. The van der Waals surface area contributed by atoms with Crippen LogP contribution >= 0.6 is 0 Å². The summed E-state index contributed by atoms with van der Waals surface area (Å²) in [5.74, 6) is -1.19. The zero-order valence-electron chi connectivity index (χ0n) is 10.9. The number of fused-ring (bicyclic) bond motifs is 2. The normalized spacial score (nSPS) is 37.1. The molecular weight excluding hydrogens is 220 g/mol. The Balaban J connectivity index is 2.26. The summed E-state index contributed by atoms with van der Waals surface area (Å²) < 4.78 is 10.7. The molecule has 96 valence electrons. The molecule has 2 fully saturated rings. The van der Waals surface area contributed by atoms with E-state index in [1.54, 1.807) is 0 Å². The molecule has 0 saturated carbocycles. The van der Waals surface area contributed by atoms with Crippen molar-refractivity contribution in [3.63, 3.8) is 0 Å². The Morgan fingerprint density at radius 1 is 1.47 bits per heavy atom. The van der Waals surface area contributed by atoms with E-state index in [-0.39, 0.29) is 22.9 Å². The molecule has 0 aromatic carbocycles. The van der Waals surface area contributed by atoms with E-state index >= 15 is 0 Å². The van der Waals surface area contributed by atoms with Gasteiger partial charge in [0.05, 0.1) is 18.8 Å². The van der Waals surface area contributed by atoms with Crippen molar-refractivity contribution in [3.05, 3.63) is 0 Å². The lowest BCUT2D eigenvalue weighted by atomic mass is 9.71.